The summed E-state index contributed by atoms with van der Waals surface area (Å²) in [6.07, 6.45) is 3.42. The quantitative estimate of drug-likeness (QED) is 0.746. The minimum atomic E-state index is 0.363. The molecule has 0 unspecified atom stereocenters. The average Bonchev–Trinajstić information content (AvgIpc) is 2.62. The Labute approximate surface area is 150 Å². The summed E-state index contributed by atoms with van der Waals surface area (Å²) < 4.78 is 0. The van der Waals surface area contributed by atoms with Crippen molar-refractivity contribution in [3.05, 3.63) is 66.2 Å². The Hall–Kier alpha value is -1.71. The van der Waals surface area contributed by atoms with E-state index in [0.29, 0.717) is 6.04 Å². The molecule has 126 valence electrons. The monoisotopic (exact) mass is 338 g/mol. The molecule has 2 aromatic carbocycles. The van der Waals surface area contributed by atoms with Crippen molar-refractivity contribution in [2.45, 2.75) is 32.2 Å². The summed E-state index contributed by atoms with van der Waals surface area (Å²) in [6.45, 7) is 4.68. The van der Waals surface area contributed by atoms with E-state index in [1.165, 1.54) is 18.4 Å². The molecule has 24 heavy (non-hydrogen) atoms. The lowest BCUT2D eigenvalue weighted by Gasteiger charge is -2.37. The maximum absolute atomic E-state index is 5.67. The SMILES string of the molecule is CC1CCN([C@@H](CC(=S)Nc2ccccc2)c2ccccc2)CC1. The molecular formula is C21H26N2S. The predicted molar refractivity (Wildman–Crippen MR) is 106 cm³/mol. The molecule has 0 aromatic heterocycles. The number of nitrogens with zero attached hydrogens (tertiary/aromatic N) is 1. The van der Waals surface area contributed by atoms with Crippen LogP contribution in [0.2, 0.25) is 0 Å². The van der Waals surface area contributed by atoms with Gasteiger partial charge in [0.25, 0.3) is 0 Å². The van der Waals surface area contributed by atoms with E-state index in [0.717, 1.165) is 36.1 Å². The third-order valence-corrected chi connectivity index (χ3v) is 5.15. The van der Waals surface area contributed by atoms with Crippen LogP contribution in [0.5, 0.6) is 0 Å². The Bertz CT molecular complexity index is 633. The van der Waals surface area contributed by atoms with Crippen molar-refractivity contribution in [3.63, 3.8) is 0 Å². The zero-order valence-corrected chi connectivity index (χ0v) is 15.1. The van der Waals surface area contributed by atoms with Crippen molar-refractivity contribution in [3.8, 4) is 0 Å². The third kappa shape index (κ3) is 4.65. The number of benzene rings is 2. The largest absolute Gasteiger partial charge is 0.350 e. The number of hydrogen-bond donors (Lipinski definition) is 1. The van der Waals surface area contributed by atoms with Gasteiger partial charge in [-0.2, -0.15) is 0 Å². The Morgan fingerprint density at radius 1 is 1.04 bits per heavy atom. The van der Waals surface area contributed by atoms with E-state index in [1.807, 2.05) is 18.2 Å². The van der Waals surface area contributed by atoms with Crippen LogP contribution in [-0.2, 0) is 0 Å². The molecule has 0 spiro atoms. The van der Waals surface area contributed by atoms with E-state index < -0.39 is 0 Å². The lowest BCUT2D eigenvalue weighted by Crippen LogP contribution is -2.37. The molecule has 3 rings (SSSR count). The van der Waals surface area contributed by atoms with Crippen molar-refractivity contribution >= 4 is 22.9 Å². The summed E-state index contributed by atoms with van der Waals surface area (Å²) in [6, 6.07) is 21.4. The first kappa shape index (κ1) is 17.1. The molecule has 0 aliphatic carbocycles. The summed E-state index contributed by atoms with van der Waals surface area (Å²) in [7, 11) is 0. The van der Waals surface area contributed by atoms with Crippen LogP contribution in [0.25, 0.3) is 0 Å². The fourth-order valence-corrected chi connectivity index (χ4v) is 3.66. The van der Waals surface area contributed by atoms with E-state index in [9.17, 15) is 0 Å². The summed E-state index contributed by atoms with van der Waals surface area (Å²) in [5.74, 6) is 0.840. The molecule has 0 bridgehead atoms. The van der Waals surface area contributed by atoms with Gasteiger partial charge in [-0.3, -0.25) is 4.90 Å². The smallest absolute Gasteiger partial charge is 0.0816 e. The highest BCUT2D eigenvalue weighted by atomic mass is 32.1. The number of likely N-dealkylation sites (tertiary alicyclic amines) is 1. The van der Waals surface area contributed by atoms with Crippen LogP contribution in [0.4, 0.5) is 5.69 Å². The van der Waals surface area contributed by atoms with Crippen LogP contribution < -0.4 is 5.32 Å². The number of thiocarbonyl (C=S) groups is 1. The summed E-state index contributed by atoms with van der Waals surface area (Å²) in [4.78, 5) is 3.52. The van der Waals surface area contributed by atoms with Crippen LogP contribution in [0, 0.1) is 5.92 Å². The second kappa shape index (κ2) is 8.41. The van der Waals surface area contributed by atoms with Gasteiger partial charge in [0, 0.05) is 18.2 Å². The van der Waals surface area contributed by atoms with Crippen LogP contribution in [0.1, 0.15) is 37.8 Å². The fourth-order valence-electron chi connectivity index (χ4n) is 3.38. The van der Waals surface area contributed by atoms with Gasteiger partial charge in [-0.15, -0.1) is 0 Å². The molecule has 1 aliphatic heterocycles. The van der Waals surface area contributed by atoms with Gasteiger partial charge in [0.05, 0.1) is 4.99 Å². The molecule has 1 saturated heterocycles. The predicted octanol–water partition coefficient (Wildman–Crippen LogP) is 5.29. The molecule has 3 heteroatoms. The average molecular weight is 339 g/mol. The van der Waals surface area contributed by atoms with Crippen LogP contribution >= 0.6 is 12.2 Å². The molecule has 0 saturated carbocycles. The number of anilines is 1. The lowest BCUT2D eigenvalue weighted by molar-refractivity contribution is 0.141. The molecule has 2 nitrogen and oxygen atoms in total. The second-order valence-corrected chi connectivity index (χ2v) is 7.26. The third-order valence-electron chi connectivity index (χ3n) is 4.88. The number of hydrogen-bond acceptors (Lipinski definition) is 2. The van der Waals surface area contributed by atoms with E-state index in [4.69, 9.17) is 12.2 Å². The number of piperidine rings is 1. The Balaban J connectivity index is 1.71. The highest BCUT2D eigenvalue weighted by Crippen LogP contribution is 2.29. The van der Waals surface area contributed by atoms with Crippen LogP contribution in [0.15, 0.2) is 60.7 Å². The molecule has 1 aliphatic rings. The van der Waals surface area contributed by atoms with Crippen LogP contribution in [0.3, 0.4) is 0 Å². The van der Waals surface area contributed by atoms with Crippen molar-refractivity contribution in [2.24, 2.45) is 5.92 Å². The van der Waals surface area contributed by atoms with Gasteiger partial charge in [-0.25, -0.2) is 0 Å². The van der Waals surface area contributed by atoms with Crippen molar-refractivity contribution in [1.82, 2.24) is 4.90 Å². The first-order valence-corrected chi connectivity index (χ1v) is 9.27. The number of para-hydroxylation sites is 1. The molecular weight excluding hydrogens is 312 g/mol. The number of nitrogens with one attached hydrogen (secondary N) is 1. The second-order valence-electron chi connectivity index (χ2n) is 6.76. The van der Waals surface area contributed by atoms with Crippen molar-refractivity contribution in [1.29, 1.82) is 0 Å². The van der Waals surface area contributed by atoms with Gasteiger partial charge >= 0.3 is 0 Å². The van der Waals surface area contributed by atoms with E-state index in [1.54, 1.807) is 0 Å². The van der Waals surface area contributed by atoms with Crippen LogP contribution in [-0.4, -0.2) is 23.0 Å². The molecule has 1 N–H and O–H groups in total. The standard InChI is InChI=1S/C21H26N2S/c1-17-12-14-23(15-13-17)20(18-8-4-2-5-9-18)16-21(24)22-19-10-6-3-7-11-19/h2-11,17,20H,12-16H2,1H3,(H,22,24)/t20-/m0/s1. The minimum Gasteiger partial charge on any atom is -0.350 e. The van der Waals surface area contributed by atoms with E-state index in [2.05, 4.69) is 59.6 Å². The molecule has 1 fully saturated rings. The lowest BCUT2D eigenvalue weighted by atomic mass is 9.94. The van der Waals surface area contributed by atoms with Crippen molar-refractivity contribution < 1.29 is 0 Å². The van der Waals surface area contributed by atoms with Gasteiger partial charge in [0.15, 0.2) is 0 Å². The maximum Gasteiger partial charge on any atom is 0.0816 e. The topological polar surface area (TPSA) is 15.3 Å². The van der Waals surface area contributed by atoms with Gasteiger partial charge in [-0.05, 0) is 49.5 Å². The normalized spacial score (nSPS) is 17.4. The van der Waals surface area contributed by atoms with E-state index >= 15 is 0 Å². The highest BCUT2D eigenvalue weighted by molar-refractivity contribution is 7.80. The zero-order valence-electron chi connectivity index (χ0n) is 14.3. The van der Waals surface area contributed by atoms with Gasteiger partial charge in [0.2, 0.25) is 0 Å². The number of rotatable bonds is 5. The molecule has 2 aromatic rings. The Morgan fingerprint density at radius 3 is 2.25 bits per heavy atom. The molecule has 0 radical (unpaired) electrons. The molecule has 1 atom stereocenters. The van der Waals surface area contributed by atoms with Gasteiger partial charge in [0.1, 0.15) is 0 Å². The Kier molecular flexibility index (Phi) is 6.00. The zero-order chi connectivity index (χ0) is 16.8. The van der Waals surface area contributed by atoms with Gasteiger partial charge < -0.3 is 5.32 Å². The Morgan fingerprint density at radius 2 is 1.62 bits per heavy atom. The first-order chi connectivity index (χ1) is 11.7. The summed E-state index contributed by atoms with van der Waals surface area (Å²) in [5, 5.41) is 3.39. The summed E-state index contributed by atoms with van der Waals surface area (Å²) in [5.41, 5.74) is 2.44. The molecule has 1 heterocycles. The minimum absolute atomic E-state index is 0.363. The maximum atomic E-state index is 5.67. The highest BCUT2D eigenvalue weighted by Gasteiger charge is 2.25. The fraction of sp³-hybridized carbons (Fsp3) is 0.381. The van der Waals surface area contributed by atoms with Crippen molar-refractivity contribution in [2.75, 3.05) is 18.4 Å². The first-order valence-electron chi connectivity index (χ1n) is 8.86. The van der Waals surface area contributed by atoms with Gasteiger partial charge in [-0.1, -0.05) is 67.7 Å². The summed E-state index contributed by atoms with van der Waals surface area (Å²) >= 11 is 5.67. The molecule has 0 amide bonds. The van der Waals surface area contributed by atoms with E-state index in [-0.39, 0.29) is 0 Å².